The fourth-order valence-corrected chi connectivity index (χ4v) is 3.79. The molecule has 144 valence electrons. The highest BCUT2D eigenvalue weighted by Crippen LogP contribution is 2.32. The number of esters is 1. The Morgan fingerprint density at radius 2 is 2.00 bits per heavy atom. The van der Waals surface area contributed by atoms with E-state index in [-0.39, 0.29) is 5.97 Å². The van der Waals surface area contributed by atoms with Crippen LogP contribution in [-0.2, 0) is 22.5 Å². The Hall–Kier alpha value is -3.05. The van der Waals surface area contributed by atoms with Crippen molar-refractivity contribution in [3.8, 4) is 16.9 Å². The lowest BCUT2D eigenvalue weighted by molar-refractivity contribution is -0.134. The van der Waals surface area contributed by atoms with Gasteiger partial charge in [0.05, 0.1) is 14.2 Å². The lowest BCUT2D eigenvalue weighted by Crippen LogP contribution is -2.17. The maximum Gasteiger partial charge on any atom is 0.330 e. The van der Waals surface area contributed by atoms with Gasteiger partial charge >= 0.3 is 5.97 Å². The number of hydrogen-bond donors (Lipinski definition) is 1. The summed E-state index contributed by atoms with van der Waals surface area (Å²) < 4.78 is 12.5. The van der Waals surface area contributed by atoms with Crippen LogP contribution in [0.4, 0.5) is 0 Å². The smallest absolute Gasteiger partial charge is 0.330 e. The third-order valence-electron chi connectivity index (χ3n) is 5.23. The lowest BCUT2D eigenvalue weighted by Gasteiger charge is -2.10. The molecule has 0 radical (unpaired) electrons. The van der Waals surface area contributed by atoms with Gasteiger partial charge in [0.1, 0.15) is 5.75 Å². The molecule has 1 N–H and O–H groups in total. The Morgan fingerprint density at radius 1 is 1.11 bits per heavy atom. The summed E-state index contributed by atoms with van der Waals surface area (Å²) in [5.74, 6) is 0.367. The van der Waals surface area contributed by atoms with Gasteiger partial charge in [-0.25, -0.2) is 4.79 Å². The van der Waals surface area contributed by atoms with E-state index in [2.05, 4.69) is 34.1 Å². The summed E-state index contributed by atoms with van der Waals surface area (Å²) in [7, 11) is 3.01. The molecule has 1 aliphatic heterocycles. The molecule has 0 spiro atoms. The molecule has 28 heavy (non-hydrogen) atoms. The highest BCUT2D eigenvalue weighted by atomic mass is 16.5. The quantitative estimate of drug-likeness (QED) is 0.558. The lowest BCUT2D eigenvalue weighted by atomic mass is 9.98. The van der Waals surface area contributed by atoms with Gasteiger partial charge in [0.15, 0.2) is 0 Å². The van der Waals surface area contributed by atoms with Crippen LogP contribution in [0.15, 0.2) is 48.5 Å². The third-order valence-corrected chi connectivity index (χ3v) is 5.23. The minimum atomic E-state index is -0.381. The summed E-state index contributed by atoms with van der Waals surface area (Å²) in [4.78, 5) is 11.6. The predicted molar refractivity (Wildman–Crippen MR) is 112 cm³/mol. The van der Waals surface area contributed by atoms with Crippen molar-refractivity contribution in [3.63, 3.8) is 0 Å². The largest absolute Gasteiger partial charge is 0.497 e. The zero-order valence-electron chi connectivity index (χ0n) is 16.2. The van der Waals surface area contributed by atoms with Gasteiger partial charge in [-0.15, -0.1) is 0 Å². The summed E-state index contributed by atoms with van der Waals surface area (Å²) >= 11 is 0. The first-order valence-corrected chi connectivity index (χ1v) is 9.47. The van der Waals surface area contributed by atoms with E-state index < -0.39 is 0 Å². The van der Waals surface area contributed by atoms with E-state index in [1.54, 1.807) is 13.2 Å². The number of ether oxygens (including phenoxy) is 2. The summed E-state index contributed by atoms with van der Waals surface area (Å²) in [5.41, 5.74) is 5.71. The number of nitrogens with zero attached hydrogens (tertiary/aromatic N) is 1. The van der Waals surface area contributed by atoms with Gasteiger partial charge in [0.25, 0.3) is 0 Å². The van der Waals surface area contributed by atoms with Crippen LogP contribution < -0.4 is 10.1 Å². The zero-order chi connectivity index (χ0) is 19.5. The number of methoxy groups -OCH3 is 2. The van der Waals surface area contributed by atoms with E-state index >= 15 is 0 Å². The fourth-order valence-electron chi connectivity index (χ4n) is 3.79. The average Bonchev–Trinajstić information content (AvgIpc) is 2.91. The molecule has 2 aromatic carbocycles. The van der Waals surface area contributed by atoms with Crippen LogP contribution in [0, 0.1) is 0 Å². The van der Waals surface area contributed by atoms with Gasteiger partial charge < -0.3 is 19.4 Å². The van der Waals surface area contributed by atoms with Crippen molar-refractivity contribution < 1.29 is 14.3 Å². The molecule has 0 atom stereocenters. The van der Waals surface area contributed by atoms with Crippen molar-refractivity contribution in [2.24, 2.45) is 0 Å². The number of carbonyl (C=O) groups is 1. The van der Waals surface area contributed by atoms with Crippen molar-refractivity contribution in [3.05, 3.63) is 59.8 Å². The first kappa shape index (κ1) is 18.3. The van der Waals surface area contributed by atoms with E-state index in [4.69, 9.17) is 9.47 Å². The molecule has 0 fully saturated rings. The first-order chi connectivity index (χ1) is 13.7. The van der Waals surface area contributed by atoms with Gasteiger partial charge in [-0.1, -0.05) is 12.1 Å². The van der Waals surface area contributed by atoms with Crippen molar-refractivity contribution in [2.75, 3.05) is 27.3 Å². The molecule has 0 saturated carbocycles. The SMILES string of the molecule is COC(=O)/C=C\c1cc(OC)ccc1-c1ccc2c(c1)cc1n2CCNCC1. The van der Waals surface area contributed by atoms with E-state index in [1.165, 1.54) is 29.8 Å². The van der Waals surface area contributed by atoms with Crippen LogP contribution in [0.25, 0.3) is 28.1 Å². The van der Waals surface area contributed by atoms with Crippen molar-refractivity contribution >= 4 is 22.9 Å². The second-order valence-electron chi connectivity index (χ2n) is 6.87. The molecule has 5 nitrogen and oxygen atoms in total. The molecule has 0 saturated heterocycles. The monoisotopic (exact) mass is 376 g/mol. The standard InChI is InChI=1S/C23H24N2O3/c1-27-20-5-6-21(17(15-20)4-8-23(26)28-2)16-3-7-22-18(13-16)14-19-9-10-24-11-12-25(19)22/h3-8,13-15,24H,9-12H2,1-2H3/b8-4-. The van der Waals surface area contributed by atoms with E-state index in [0.717, 1.165) is 48.5 Å². The molecule has 3 aromatic rings. The minimum Gasteiger partial charge on any atom is -0.497 e. The molecular weight excluding hydrogens is 352 g/mol. The normalized spacial score (nSPS) is 14.1. The number of hydrogen-bond acceptors (Lipinski definition) is 4. The Kier molecular flexibility index (Phi) is 5.17. The van der Waals surface area contributed by atoms with E-state index in [9.17, 15) is 4.79 Å². The topological polar surface area (TPSA) is 52.5 Å². The highest BCUT2D eigenvalue weighted by Gasteiger charge is 2.13. The molecule has 1 aliphatic rings. The second-order valence-corrected chi connectivity index (χ2v) is 6.87. The van der Waals surface area contributed by atoms with Crippen LogP contribution in [0.1, 0.15) is 11.3 Å². The molecule has 0 aliphatic carbocycles. The number of benzene rings is 2. The van der Waals surface area contributed by atoms with Gasteiger partial charge in [-0.05, 0) is 53.1 Å². The Labute approximate surface area is 164 Å². The fraction of sp³-hybridized carbons (Fsp3) is 0.261. The molecule has 4 rings (SSSR count). The van der Waals surface area contributed by atoms with Crippen molar-refractivity contribution in [1.82, 2.24) is 9.88 Å². The maximum absolute atomic E-state index is 11.6. The number of aromatic nitrogens is 1. The third kappa shape index (κ3) is 3.53. The van der Waals surface area contributed by atoms with Crippen LogP contribution in [-0.4, -0.2) is 37.8 Å². The molecule has 0 bridgehead atoms. The second kappa shape index (κ2) is 7.90. The maximum atomic E-state index is 11.6. The van der Waals surface area contributed by atoms with E-state index in [0.29, 0.717) is 0 Å². The zero-order valence-corrected chi connectivity index (χ0v) is 16.2. The van der Waals surface area contributed by atoms with Crippen LogP contribution >= 0.6 is 0 Å². The van der Waals surface area contributed by atoms with Crippen molar-refractivity contribution in [2.45, 2.75) is 13.0 Å². The van der Waals surface area contributed by atoms with Gasteiger partial charge in [0.2, 0.25) is 0 Å². The highest BCUT2D eigenvalue weighted by molar-refractivity contribution is 5.91. The molecule has 1 aromatic heterocycles. The predicted octanol–water partition coefficient (Wildman–Crippen LogP) is 3.65. The van der Waals surface area contributed by atoms with Crippen LogP contribution in [0.2, 0.25) is 0 Å². The summed E-state index contributed by atoms with van der Waals surface area (Å²) in [6, 6.07) is 14.8. The Balaban J connectivity index is 1.78. The summed E-state index contributed by atoms with van der Waals surface area (Å²) in [5, 5.41) is 4.69. The van der Waals surface area contributed by atoms with Gasteiger partial charge in [-0.3, -0.25) is 0 Å². The average molecular weight is 376 g/mol. The first-order valence-electron chi connectivity index (χ1n) is 9.47. The molecule has 2 heterocycles. The summed E-state index contributed by atoms with van der Waals surface area (Å²) in [6.45, 7) is 3.01. The van der Waals surface area contributed by atoms with Gasteiger partial charge in [0, 0.05) is 48.7 Å². The Morgan fingerprint density at radius 3 is 2.82 bits per heavy atom. The van der Waals surface area contributed by atoms with Crippen molar-refractivity contribution in [1.29, 1.82) is 0 Å². The number of nitrogens with one attached hydrogen (secondary N) is 1. The molecule has 0 unspecified atom stereocenters. The number of rotatable bonds is 4. The van der Waals surface area contributed by atoms with Gasteiger partial charge in [-0.2, -0.15) is 0 Å². The molecule has 5 heteroatoms. The van der Waals surface area contributed by atoms with E-state index in [1.807, 2.05) is 18.2 Å². The number of fused-ring (bicyclic) bond motifs is 3. The summed E-state index contributed by atoms with van der Waals surface area (Å²) in [6.07, 6.45) is 4.25. The number of carbonyl (C=O) groups excluding carboxylic acids is 1. The molecular formula is C23H24N2O3. The van der Waals surface area contributed by atoms with Crippen LogP contribution in [0.3, 0.4) is 0 Å². The molecule has 0 amide bonds. The Bertz CT molecular complexity index is 1050. The minimum absolute atomic E-state index is 0.381. The van der Waals surface area contributed by atoms with Crippen LogP contribution in [0.5, 0.6) is 5.75 Å².